The van der Waals surface area contributed by atoms with E-state index in [1.54, 1.807) is 0 Å². The first-order valence-corrected chi connectivity index (χ1v) is 6.92. The number of halogens is 2. The van der Waals surface area contributed by atoms with Crippen LogP contribution in [0, 0.1) is 5.41 Å². The Kier molecular flexibility index (Phi) is 7.37. The van der Waals surface area contributed by atoms with E-state index < -0.39 is 12.1 Å². The van der Waals surface area contributed by atoms with Crippen molar-refractivity contribution in [2.24, 2.45) is 11.1 Å². The summed E-state index contributed by atoms with van der Waals surface area (Å²) < 4.78 is 6.49. The van der Waals surface area contributed by atoms with E-state index in [-0.39, 0.29) is 17.8 Å². The fraction of sp³-hybridized carbons (Fsp3) is 0.571. The maximum Gasteiger partial charge on any atom is 0.124 e. The van der Waals surface area contributed by atoms with Crippen LogP contribution >= 0.6 is 28.3 Å². The number of benzene rings is 1. The molecule has 0 radical (unpaired) electrons. The van der Waals surface area contributed by atoms with Crippen LogP contribution in [-0.2, 0) is 0 Å². The lowest BCUT2D eigenvalue weighted by atomic mass is 9.82. The Balaban J connectivity index is 0.00000324. The molecule has 0 saturated heterocycles. The molecule has 0 heterocycles. The zero-order valence-electron chi connectivity index (χ0n) is 11.8. The van der Waals surface area contributed by atoms with Crippen LogP contribution in [0.2, 0.25) is 0 Å². The minimum Gasteiger partial charge on any atom is -0.494 e. The van der Waals surface area contributed by atoms with E-state index in [1.807, 2.05) is 45.9 Å². The molecule has 5 heteroatoms. The Hall–Kier alpha value is -0.290. The summed E-state index contributed by atoms with van der Waals surface area (Å²) in [4.78, 5) is 0. The summed E-state index contributed by atoms with van der Waals surface area (Å²) in [5.41, 5.74) is 6.73. The highest BCUT2D eigenvalue weighted by atomic mass is 79.9. The number of nitrogens with two attached hydrogens (primary N) is 1. The van der Waals surface area contributed by atoms with Gasteiger partial charge in [0, 0.05) is 10.0 Å². The number of hydrogen-bond donors (Lipinski definition) is 2. The molecule has 0 aromatic heterocycles. The number of aliphatic hydroxyl groups is 1. The predicted octanol–water partition coefficient (Wildman–Crippen LogP) is 3.68. The highest BCUT2D eigenvalue weighted by Crippen LogP contribution is 2.34. The van der Waals surface area contributed by atoms with Gasteiger partial charge < -0.3 is 15.6 Å². The van der Waals surface area contributed by atoms with Gasteiger partial charge >= 0.3 is 0 Å². The van der Waals surface area contributed by atoms with Gasteiger partial charge in [-0.25, -0.2) is 0 Å². The second kappa shape index (κ2) is 7.48. The molecule has 1 rings (SSSR count). The van der Waals surface area contributed by atoms with Gasteiger partial charge in [-0.2, -0.15) is 0 Å². The van der Waals surface area contributed by atoms with Gasteiger partial charge in [-0.05, 0) is 30.5 Å². The lowest BCUT2D eigenvalue weighted by Gasteiger charge is -2.31. The monoisotopic (exact) mass is 351 g/mol. The second-order valence-corrected chi connectivity index (χ2v) is 6.37. The maximum absolute atomic E-state index is 10.3. The van der Waals surface area contributed by atoms with Crippen LogP contribution in [0.4, 0.5) is 0 Å². The Labute approximate surface area is 130 Å². The third-order valence-corrected chi connectivity index (χ3v) is 3.35. The van der Waals surface area contributed by atoms with Crippen LogP contribution < -0.4 is 10.5 Å². The molecule has 0 saturated carbocycles. The fourth-order valence-corrected chi connectivity index (χ4v) is 2.15. The van der Waals surface area contributed by atoms with Crippen molar-refractivity contribution < 1.29 is 9.84 Å². The first-order chi connectivity index (χ1) is 8.27. The van der Waals surface area contributed by atoms with Crippen molar-refractivity contribution in [2.45, 2.75) is 39.8 Å². The molecule has 2 atom stereocenters. The fourth-order valence-electron chi connectivity index (χ4n) is 1.78. The number of ether oxygens (including phenoxy) is 1. The zero-order chi connectivity index (χ0) is 13.9. The van der Waals surface area contributed by atoms with Gasteiger partial charge in [0.1, 0.15) is 5.75 Å². The summed E-state index contributed by atoms with van der Waals surface area (Å²) >= 11 is 3.42. The molecule has 0 aliphatic rings. The molecule has 0 aliphatic heterocycles. The highest BCUT2D eigenvalue weighted by molar-refractivity contribution is 9.10. The van der Waals surface area contributed by atoms with Crippen molar-refractivity contribution in [3.05, 3.63) is 28.2 Å². The van der Waals surface area contributed by atoms with E-state index in [9.17, 15) is 5.11 Å². The van der Waals surface area contributed by atoms with Gasteiger partial charge in [0.15, 0.2) is 0 Å². The van der Waals surface area contributed by atoms with Crippen molar-refractivity contribution in [1.29, 1.82) is 0 Å². The van der Waals surface area contributed by atoms with Gasteiger partial charge in [0.05, 0.1) is 18.8 Å². The molecular formula is C14H23BrClNO2. The molecule has 0 aliphatic carbocycles. The Morgan fingerprint density at radius 1 is 1.37 bits per heavy atom. The summed E-state index contributed by atoms with van der Waals surface area (Å²) in [6, 6.07) is 5.22. The lowest BCUT2D eigenvalue weighted by Crippen LogP contribution is -2.37. The third-order valence-electron chi connectivity index (χ3n) is 2.86. The van der Waals surface area contributed by atoms with E-state index >= 15 is 0 Å². The van der Waals surface area contributed by atoms with Gasteiger partial charge in [0.2, 0.25) is 0 Å². The molecule has 0 fully saturated rings. The average Bonchev–Trinajstić information content (AvgIpc) is 2.28. The van der Waals surface area contributed by atoms with Crippen LogP contribution in [0.3, 0.4) is 0 Å². The van der Waals surface area contributed by atoms with Crippen LogP contribution in [0.15, 0.2) is 22.7 Å². The number of aliphatic hydroxyl groups excluding tert-OH is 1. The first kappa shape index (κ1) is 18.7. The standard InChI is InChI=1S/C14H22BrNO2.ClH/c1-5-18-11-7-6-9(15)8-10(11)12(16)13(17)14(2,3)4;/h6-8,12-13,17H,5,16H2,1-4H3;1H/t12-,13-;/m1./s1. The molecule has 3 N–H and O–H groups in total. The average molecular weight is 353 g/mol. The van der Waals surface area contributed by atoms with Crippen molar-refractivity contribution in [2.75, 3.05) is 6.61 Å². The molecule has 0 spiro atoms. The molecule has 19 heavy (non-hydrogen) atoms. The topological polar surface area (TPSA) is 55.5 Å². The minimum absolute atomic E-state index is 0. The smallest absolute Gasteiger partial charge is 0.124 e. The second-order valence-electron chi connectivity index (χ2n) is 5.45. The van der Waals surface area contributed by atoms with E-state index in [0.717, 1.165) is 15.8 Å². The molecule has 1 aromatic carbocycles. The summed E-state index contributed by atoms with van der Waals surface area (Å²) in [5.74, 6) is 0.733. The van der Waals surface area contributed by atoms with Gasteiger partial charge in [-0.15, -0.1) is 12.4 Å². The highest BCUT2D eigenvalue weighted by Gasteiger charge is 2.30. The van der Waals surface area contributed by atoms with Crippen LogP contribution in [-0.4, -0.2) is 17.8 Å². The summed E-state index contributed by atoms with van der Waals surface area (Å²) in [6.45, 7) is 8.41. The molecule has 110 valence electrons. The molecule has 1 aromatic rings. The summed E-state index contributed by atoms with van der Waals surface area (Å²) in [6.07, 6.45) is -0.633. The van der Waals surface area contributed by atoms with Crippen molar-refractivity contribution in [1.82, 2.24) is 0 Å². The van der Waals surface area contributed by atoms with Crippen molar-refractivity contribution in [3.63, 3.8) is 0 Å². The zero-order valence-corrected chi connectivity index (χ0v) is 14.2. The van der Waals surface area contributed by atoms with Gasteiger partial charge in [0.25, 0.3) is 0 Å². The maximum atomic E-state index is 10.3. The van der Waals surface area contributed by atoms with Crippen molar-refractivity contribution in [3.8, 4) is 5.75 Å². The molecule has 0 amide bonds. The first-order valence-electron chi connectivity index (χ1n) is 6.13. The van der Waals surface area contributed by atoms with E-state index in [0.29, 0.717) is 6.61 Å². The Morgan fingerprint density at radius 3 is 2.42 bits per heavy atom. The number of rotatable bonds is 4. The molecular weight excluding hydrogens is 330 g/mol. The van der Waals surface area contributed by atoms with Gasteiger partial charge in [-0.3, -0.25) is 0 Å². The Morgan fingerprint density at radius 2 is 1.95 bits per heavy atom. The molecule has 3 nitrogen and oxygen atoms in total. The van der Waals surface area contributed by atoms with E-state index in [2.05, 4.69) is 15.9 Å². The van der Waals surface area contributed by atoms with Crippen LogP contribution in [0.1, 0.15) is 39.3 Å². The van der Waals surface area contributed by atoms with E-state index in [1.165, 1.54) is 0 Å². The van der Waals surface area contributed by atoms with Crippen LogP contribution in [0.5, 0.6) is 5.75 Å². The van der Waals surface area contributed by atoms with Gasteiger partial charge in [-0.1, -0.05) is 36.7 Å². The molecule has 0 bridgehead atoms. The predicted molar refractivity (Wildman–Crippen MR) is 84.9 cm³/mol. The number of hydrogen-bond acceptors (Lipinski definition) is 3. The molecule has 0 unspecified atom stereocenters. The van der Waals surface area contributed by atoms with Crippen LogP contribution in [0.25, 0.3) is 0 Å². The Bertz CT molecular complexity index is 407. The normalized spacial score (nSPS) is 14.5. The van der Waals surface area contributed by atoms with Crippen molar-refractivity contribution >= 4 is 28.3 Å². The largest absolute Gasteiger partial charge is 0.494 e. The SMILES string of the molecule is CCOc1ccc(Br)cc1[C@@H](N)[C@@H](O)C(C)(C)C.Cl. The minimum atomic E-state index is -0.633. The summed E-state index contributed by atoms with van der Waals surface area (Å²) in [7, 11) is 0. The quantitative estimate of drug-likeness (QED) is 0.869. The third kappa shape index (κ3) is 4.95. The lowest BCUT2D eigenvalue weighted by molar-refractivity contribution is 0.0393. The summed E-state index contributed by atoms with van der Waals surface area (Å²) in [5, 5.41) is 10.3. The van der Waals surface area contributed by atoms with E-state index in [4.69, 9.17) is 10.5 Å².